The number of Topliss-reactive ketones (excluding diaryl/α,β-unsaturated/α-hetero) is 1. The van der Waals surface area contributed by atoms with Crippen molar-refractivity contribution in [2.75, 3.05) is 13.2 Å². The van der Waals surface area contributed by atoms with Crippen molar-refractivity contribution < 1.29 is 19.1 Å². The van der Waals surface area contributed by atoms with Gasteiger partial charge in [0.2, 0.25) is 0 Å². The van der Waals surface area contributed by atoms with Gasteiger partial charge in [-0.25, -0.2) is 4.79 Å². The van der Waals surface area contributed by atoms with Crippen LogP contribution in [0.4, 0.5) is 0 Å². The first-order chi connectivity index (χ1) is 5.58. The summed E-state index contributed by atoms with van der Waals surface area (Å²) in [6.07, 6.45) is 0.131. The van der Waals surface area contributed by atoms with Gasteiger partial charge in [-0.2, -0.15) is 0 Å². The highest BCUT2D eigenvalue weighted by Crippen LogP contribution is 2.23. The van der Waals surface area contributed by atoms with E-state index in [1.54, 1.807) is 13.8 Å². The molecule has 0 amide bonds. The highest BCUT2D eigenvalue weighted by atomic mass is 16.6. The fourth-order valence-electron chi connectivity index (χ4n) is 1.13. The van der Waals surface area contributed by atoms with E-state index >= 15 is 0 Å². The van der Waals surface area contributed by atoms with E-state index in [4.69, 9.17) is 9.47 Å². The van der Waals surface area contributed by atoms with E-state index < -0.39 is 11.6 Å². The number of carbonyl (C=O) groups excluding carboxylic acids is 2. The van der Waals surface area contributed by atoms with Crippen molar-refractivity contribution in [2.24, 2.45) is 0 Å². The molecular weight excluding hydrogens is 160 g/mol. The van der Waals surface area contributed by atoms with Crippen molar-refractivity contribution in [3.8, 4) is 0 Å². The number of ketones is 1. The summed E-state index contributed by atoms with van der Waals surface area (Å²) >= 11 is 0. The molecular formula is C8H12O4. The molecule has 1 atom stereocenters. The van der Waals surface area contributed by atoms with Crippen LogP contribution >= 0.6 is 0 Å². The Morgan fingerprint density at radius 2 is 2.42 bits per heavy atom. The van der Waals surface area contributed by atoms with Gasteiger partial charge in [0.15, 0.2) is 11.4 Å². The van der Waals surface area contributed by atoms with Gasteiger partial charge in [-0.05, 0) is 13.8 Å². The number of hydrogen-bond acceptors (Lipinski definition) is 4. The summed E-state index contributed by atoms with van der Waals surface area (Å²) in [6, 6.07) is 0. The zero-order valence-corrected chi connectivity index (χ0v) is 7.25. The Morgan fingerprint density at radius 3 is 2.83 bits per heavy atom. The molecule has 1 aliphatic rings. The van der Waals surface area contributed by atoms with Gasteiger partial charge in [-0.15, -0.1) is 0 Å². The number of ether oxygens (including phenoxy) is 2. The van der Waals surface area contributed by atoms with Crippen molar-refractivity contribution in [1.29, 1.82) is 0 Å². The van der Waals surface area contributed by atoms with Crippen LogP contribution in [-0.2, 0) is 19.1 Å². The average Bonchev–Trinajstić information content (AvgIpc) is 2.33. The molecule has 0 aromatic carbocycles. The van der Waals surface area contributed by atoms with Gasteiger partial charge in [0.25, 0.3) is 0 Å². The monoisotopic (exact) mass is 172 g/mol. The highest BCUT2D eigenvalue weighted by molar-refractivity contribution is 5.92. The minimum Gasteiger partial charge on any atom is -0.464 e. The average molecular weight is 172 g/mol. The number of carbonyl (C=O) groups is 2. The van der Waals surface area contributed by atoms with Gasteiger partial charge in [-0.1, -0.05) is 0 Å². The summed E-state index contributed by atoms with van der Waals surface area (Å²) in [7, 11) is 0. The zero-order chi connectivity index (χ0) is 9.19. The molecule has 1 rings (SSSR count). The Balaban J connectivity index is 2.60. The van der Waals surface area contributed by atoms with Crippen molar-refractivity contribution in [3.05, 3.63) is 0 Å². The predicted molar refractivity (Wildman–Crippen MR) is 40.6 cm³/mol. The molecule has 0 aliphatic carbocycles. The summed E-state index contributed by atoms with van der Waals surface area (Å²) in [5.74, 6) is -0.499. The van der Waals surface area contributed by atoms with E-state index in [-0.39, 0.29) is 18.8 Å². The summed E-state index contributed by atoms with van der Waals surface area (Å²) in [5.41, 5.74) is -1.03. The third kappa shape index (κ3) is 1.64. The van der Waals surface area contributed by atoms with Crippen LogP contribution in [0.15, 0.2) is 0 Å². The van der Waals surface area contributed by atoms with Crippen LogP contribution in [0.1, 0.15) is 20.3 Å². The van der Waals surface area contributed by atoms with Crippen LogP contribution in [0.5, 0.6) is 0 Å². The number of rotatable bonds is 2. The van der Waals surface area contributed by atoms with Gasteiger partial charge in [0, 0.05) is 6.42 Å². The molecule has 1 heterocycles. The minimum atomic E-state index is -1.03. The molecule has 0 radical (unpaired) electrons. The van der Waals surface area contributed by atoms with Gasteiger partial charge < -0.3 is 9.47 Å². The first kappa shape index (κ1) is 9.19. The number of hydrogen-bond donors (Lipinski definition) is 0. The summed E-state index contributed by atoms with van der Waals surface area (Å²) in [6.45, 7) is 3.63. The molecule has 0 aromatic rings. The van der Waals surface area contributed by atoms with Crippen LogP contribution in [0.2, 0.25) is 0 Å². The highest BCUT2D eigenvalue weighted by Gasteiger charge is 2.43. The second kappa shape index (κ2) is 3.23. The van der Waals surface area contributed by atoms with Crippen LogP contribution in [0, 0.1) is 0 Å². The molecule has 0 spiro atoms. The van der Waals surface area contributed by atoms with E-state index in [0.29, 0.717) is 6.61 Å². The molecule has 0 aromatic heterocycles. The first-order valence-corrected chi connectivity index (χ1v) is 3.91. The topological polar surface area (TPSA) is 52.6 Å². The van der Waals surface area contributed by atoms with Gasteiger partial charge >= 0.3 is 5.97 Å². The maximum absolute atomic E-state index is 11.2. The molecule has 4 nitrogen and oxygen atoms in total. The third-order valence-electron chi connectivity index (χ3n) is 1.79. The van der Waals surface area contributed by atoms with E-state index in [9.17, 15) is 9.59 Å². The van der Waals surface area contributed by atoms with Crippen molar-refractivity contribution in [1.82, 2.24) is 0 Å². The van der Waals surface area contributed by atoms with Crippen LogP contribution < -0.4 is 0 Å². The first-order valence-electron chi connectivity index (χ1n) is 3.91. The summed E-state index contributed by atoms with van der Waals surface area (Å²) in [5, 5.41) is 0. The molecule has 0 N–H and O–H groups in total. The van der Waals surface area contributed by atoms with Crippen molar-refractivity contribution in [3.63, 3.8) is 0 Å². The maximum atomic E-state index is 11.2. The van der Waals surface area contributed by atoms with E-state index in [1.807, 2.05) is 0 Å². The molecule has 12 heavy (non-hydrogen) atoms. The van der Waals surface area contributed by atoms with E-state index in [0.717, 1.165) is 0 Å². The maximum Gasteiger partial charge on any atom is 0.338 e. The second-order valence-corrected chi connectivity index (χ2v) is 2.96. The lowest BCUT2D eigenvalue weighted by atomic mass is 10.0. The number of esters is 1. The quantitative estimate of drug-likeness (QED) is 0.562. The van der Waals surface area contributed by atoms with E-state index in [2.05, 4.69) is 0 Å². The molecule has 1 unspecified atom stereocenters. The molecule has 4 heteroatoms. The second-order valence-electron chi connectivity index (χ2n) is 2.96. The van der Waals surface area contributed by atoms with Crippen LogP contribution in [0.3, 0.4) is 0 Å². The standard InChI is InChI=1S/C8H12O4/c1-3-11-7(10)8(2)4-6(9)5-12-8/h3-5H2,1-2H3. The van der Waals surface area contributed by atoms with Gasteiger partial charge in [0.05, 0.1) is 6.61 Å². The molecule has 1 saturated heterocycles. The fourth-order valence-corrected chi connectivity index (χ4v) is 1.13. The Labute approximate surface area is 70.8 Å². The Morgan fingerprint density at radius 1 is 1.75 bits per heavy atom. The lowest BCUT2D eigenvalue weighted by Crippen LogP contribution is -2.36. The van der Waals surface area contributed by atoms with Crippen LogP contribution in [-0.4, -0.2) is 30.6 Å². The van der Waals surface area contributed by atoms with Crippen molar-refractivity contribution >= 4 is 11.8 Å². The largest absolute Gasteiger partial charge is 0.464 e. The lowest BCUT2D eigenvalue weighted by Gasteiger charge is -2.18. The Bertz CT molecular complexity index is 211. The zero-order valence-electron chi connectivity index (χ0n) is 7.25. The molecule has 1 fully saturated rings. The predicted octanol–water partition coefficient (Wildman–Crippen LogP) is 0.298. The van der Waals surface area contributed by atoms with Crippen LogP contribution in [0.25, 0.3) is 0 Å². The normalized spacial score (nSPS) is 29.0. The van der Waals surface area contributed by atoms with Gasteiger partial charge in [0.1, 0.15) is 6.61 Å². The fraction of sp³-hybridized carbons (Fsp3) is 0.750. The lowest BCUT2D eigenvalue weighted by molar-refractivity contribution is -0.164. The molecule has 0 saturated carbocycles. The summed E-state index contributed by atoms with van der Waals surface area (Å²) < 4.78 is 9.80. The molecule has 68 valence electrons. The third-order valence-corrected chi connectivity index (χ3v) is 1.79. The minimum absolute atomic E-state index is 0.0231. The smallest absolute Gasteiger partial charge is 0.338 e. The van der Waals surface area contributed by atoms with Crippen molar-refractivity contribution in [2.45, 2.75) is 25.9 Å². The Kier molecular flexibility index (Phi) is 2.47. The molecule has 1 aliphatic heterocycles. The van der Waals surface area contributed by atoms with E-state index in [1.165, 1.54) is 0 Å². The SMILES string of the molecule is CCOC(=O)C1(C)CC(=O)CO1. The summed E-state index contributed by atoms with van der Waals surface area (Å²) in [4.78, 5) is 22.0. The van der Waals surface area contributed by atoms with Gasteiger partial charge in [-0.3, -0.25) is 4.79 Å². The molecule has 0 bridgehead atoms. The Hall–Kier alpha value is -0.900.